The number of nitrogens with zero attached hydrogens (tertiary/aromatic N) is 1. The standard InChI is InChI=1S/C12H13Cl2N3/c1-8(10-6-16-17-7-10)15-5-9-2-11(13)4-12(14)3-9/h2-4,6-8,15H,5H2,1H3,(H,16,17). The lowest BCUT2D eigenvalue weighted by atomic mass is 10.1. The van der Waals surface area contributed by atoms with Gasteiger partial charge in [-0.2, -0.15) is 5.10 Å². The van der Waals surface area contributed by atoms with Gasteiger partial charge in [-0.05, 0) is 30.7 Å². The van der Waals surface area contributed by atoms with E-state index in [1.165, 1.54) is 0 Å². The summed E-state index contributed by atoms with van der Waals surface area (Å²) in [5.74, 6) is 0. The van der Waals surface area contributed by atoms with Gasteiger partial charge >= 0.3 is 0 Å². The van der Waals surface area contributed by atoms with Gasteiger partial charge < -0.3 is 5.32 Å². The van der Waals surface area contributed by atoms with Gasteiger partial charge in [0.05, 0.1) is 6.20 Å². The predicted octanol–water partition coefficient (Wildman–Crippen LogP) is 3.57. The van der Waals surface area contributed by atoms with E-state index >= 15 is 0 Å². The molecule has 2 rings (SSSR count). The summed E-state index contributed by atoms with van der Waals surface area (Å²) in [6, 6.07) is 5.77. The van der Waals surface area contributed by atoms with Crippen LogP contribution in [0.15, 0.2) is 30.6 Å². The van der Waals surface area contributed by atoms with E-state index in [9.17, 15) is 0 Å². The molecule has 0 fully saturated rings. The van der Waals surface area contributed by atoms with Crippen LogP contribution in [-0.4, -0.2) is 10.2 Å². The molecule has 0 spiro atoms. The Labute approximate surface area is 110 Å². The zero-order chi connectivity index (χ0) is 12.3. The maximum Gasteiger partial charge on any atom is 0.0534 e. The minimum Gasteiger partial charge on any atom is -0.306 e. The van der Waals surface area contributed by atoms with Crippen molar-refractivity contribution in [3.8, 4) is 0 Å². The van der Waals surface area contributed by atoms with Gasteiger partial charge in [0.2, 0.25) is 0 Å². The van der Waals surface area contributed by atoms with Gasteiger partial charge in [0.25, 0.3) is 0 Å². The van der Waals surface area contributed by atoms with Crippen molar-refractivity contribution < 1.29 is 0 Å². The Morgan fingerprint density at radius 3 is 2.59 bits per heavy atom. The maximum atomic E-state index is 5.94. The molecule has 0 saturated carbocycles. The quantitative estimate of drug-likeness (QED) is 0.891. The highest BCUT2D eigenvalue weighted by atomic mass is 35.5. The Kier molecular flexibility index (Phi) is 4.05. The van der Waals surface area contributed by atoms with E-state index in [2.05, 4.69) is 22.4 Å². The molecule has 90 valence electrons. The minimum absolute atomic E-state index is 0.228. The molecular weight excluding hydrogens is 257 g/mol. The summed E-state index contributed by atoms with van der Waals surface area (Å²) in [6.07, 6.45) is 3.69. The first-order valence-corrected chi connectivity index (χ1v) is 6.08. The molecule has 1 aromatic heterocycles. The molecule has 2 aromatic rings. The first-order chi connectivity index (χ1) is 8.15. The summed E-state index contributed by atoms with van der Waals surface area (Å²) in [7, 11) is 0. The second-order valence-corrected chi connectivity index (χ2v) is 4.78. The van der Waals surface area contributed by atoms with E-state index in [0.29, 0.717) is 16.6 Å². The second-order valence-electron chi connectivity index (χ2n) is 3.91. The summed E-state index contributed by atoms with van der Waals surface area (Å²) in [5.41, 5.74) is 2.19. The SMILES string of the molecule is CC(NCc1cc(Cl)cc(Cl)c1)c1cn[nH]c1. The van der Waals surface area contributed by atoms with Crippen LogP contribution < -0.4 is 5.32 Å². The van der Waals surface area contributed by atoms with E-state index in [1.807, 2.05) is 24.5 Å². The average molecular weight is 270 g/mol. The number of aromatic amines is 1. The van der Waals surface area contributed by atoms with Crippen molar-refractivity contribution in [1.29, 1.82) is 0 Å². The third-order valence-electron chi connectivity index (χ3n) is 2.55. The average Bonchev–Trinajstić information content (AvgIpc) is 2.78. The minimum atomic E-state index is 0.228. The molecule has 0 aliphatic heterocycles. The molecule has 1 unspecified atom stereocenters. The third kappa shape index (κ3) is 3.46. The highest BCUT2D eigenvalue weighted by Gasteiger charge is 2.06. The van der Waals surface area contributed by atoms with Gasteiger partial charge in [0, 0.05) is 34.4 Å². The highest BCUT2D eigenvalue weighted by Crippen LogP contribution is 2.19. The Bertz CT molecular complexity index is 462. The summed E-state index contributed by atoms with van der Waals surface area (Å²) < 4.78 is 0. The van der Waals surface area contributed by atoms with Crippen molar-refractivity contribution in [2.75, 3.05) is 0 Å². The summed E-state index contributed by atoms with van der Waals surface area (Å²) in [5, 5.41) is 11.4. The lowest BCUT2D eigenvalue weighted by Crippen LogP contribution is -2.17. The van der Waals surface area contributed by atoms with Crippen LogP contribution in [0.25, 0.3) is 0 Å². The summed E-state index contributed by atoms with van der Waals surface area (Å²) in [4.78, 5) is 0. The molecular formula is C12H13Cl2N3. The Morgan fingerprint density at radius 2 is 2.00 bits per heavy atom. The van der Waals surface area contributed by atoms with Crippen LogP contribution in [0.4, 0.5) is 0 Å². The smallest absolute Gasteiger partial charge is 0.0534 e. The van der Waals surface area contributed by atoms with Crippen molar-refractivity contribution in [2.24, 2.45) is 0 Å². The molecule has 0 bridgehead atoms. The number of hydrogen-bond donors (Lipinski definition) is 2. The van der Waals surface area contributed by atoms with Gasteiger partial charge in [-0.25, -0.2) is 0 Å². The van der Waals surface area contributed by atoms with Gasteiger partial charge in [0.1, 0.15) is 0 Å². The van der Waals surface area contributed by atoms with Crippen molar-refractivity contribution >= 4 is 23.2 Å². The van der Waals surface area contributed by atoms with Crippen molar-refractivity contribution in [2.45, 2.75) is 19.5 Å². The Balaban J connectivity index is 1.98. The largest absolute Gasteiger partial charge is 0.306 e. The zero-order valence-corrected chi connectivity index (χ0v) is 10.9. The maximum absolute atomic E-state index is 5.94. The molecule has 0 radical (unpaired) electrons. The highest BCUT2D eigenvalue weighted by molar-refractivity contribution is 6.34. The zero-order valence-electron chi connectivity index (χ0n) is 9.37. The lowest BCUT2D eigenvalue weighted by Gasteiger charge is -2.12. The van der Waals surface area contributed by atoms with Crippen LogP contribution in [0.2, 0.25) is 10.0 Å². The molecule has 5 heteroatoms. The lowest BCUT2D eigenvalue weighted by molar-refractivity contribution is 0.575. The van der Waals surface area contributed by atoms with Crippen LogP contribution in [0.5, 0.6) is 0 Å². The number of rotatable bonds is 4. The van der Waals surface area contributed by atoms with Crippen molar-refractivity contribution in [3.05, 3.63) is 51.8 Å². The molecule has 0 aliphatic rings. The molecule has 2 N–H and O–H groups in total. The van der Waals surface area contributed by atoms with Gasteiger partial charge in [0.15, 0.2) is 0 Å². The molecule has 0 saturated heterocycles. The van der Waals surface area contributed by atoms with Crippen LogP contribution in [-0.2, 0) is 6.54 Å². The van der Waals surface area contributed by atoms with E-state index in [0.717, 1.165) is 11.1 Å². The van der Waals surface area contributed by atoms with E-state index in [-0.39, 0.29) is 6.04 Å². The van der Waals surface area contributed by atoms with Gasteiger partial charge in [-0.3, -0.25) is 5.10 Å². The number of nitrogens with one attached hydrogen (secondary N) is 2. The molecule has 3 nitrogen and oxygen atoms in total. The van der Waals surface area contributed by atoms with Crippen LogP contribution in [0, 0.1) is 0 Å². The van der Waals surface area contributed by atoms with Gasteiger partial charge in [-0.1, -0.05) is 23.2 Å². The third-order valence-corrected chi connectivity index (χ3v) is 2.99. The van der Waals surface area contributed by atoms with Crippen molar-refractivity contribution in [3.63, 3.8) is 0 Å². The fourth-order valence-electron chi connectivity index (χ4n) is 1.60. The Morgan fingerprint density at radius 1 is 1.29 bits per heavy atom. The van der Waals surface area contributed by atoms with Crippen LogP contribution in [0.1, 0.15) is 24.1 Å². The van der Waals surface area contributed by atoms with E-state index in [1.54, 1.807) is 6.07 Å². The molecule has 1 aromatic carbocycles. The van der Waals surface area contributed by atoms with Gasteiger partial charge in [-0.15, -0.1) is 0 Å². The fraction of sp³-hybridized carbons (Fsp3) is 0.250. The van der Waals surface area contributed by atoms with Crippen LogP contribution >= 0.6 is 23.2 Å². The number of halogens is 2. The second kappa shape index (κ2) is 5.54. The van der Waals surface area contributed by atoms with Crippen molar-refractivity contribution in [1.82, 2.24) is 15.5 Å². The van der Waals surface area contributed by atoms with E-state index < -0.39 is 0 Å². The number of aromatic nitrogens is 2. The first kappa shape index (κ1) is 12.4. The predicted molar refractivity (Wildman–Crippen MR) is 70.3 cm³/mol. The number of benzene rings is 1. The normalized spacial score (nSPS) is 12.6. The molecule has 0 amide bonds. The Hall–Kier alpha value is -1.03. The molecule has 1 atom stereocenters. The summed E-state index contributed by atoms with van der Waals surface area (Å²) >= 11 is 11.9. The number of H-pyrrole nitrogens is 1. The fourth-order valence-corrected chi connectivity index (χ4v) is 2.17. The molecule has 0 aliphatic carbocycles. The van der Waals surface area contributed by atoms with Crippen LogP contribution in [0.3, 0.4) is 0 Å². The molecule has 17 heavy (non-hydrogen) atoms. The van der Waals surface area contributed by atoms with E-state index in [4.69, 9.17) is 23.2 Å². The first-order valence-electron chi connectivity index (χ1n) is 5.32. The number of hydrogen-bond acceptors (Lipinski definition) is 2. The molecule has 1 heterocycles. The topological polar surface area (TPSA) is 40.7 Å². The summed E-state index contributed by atoms with van der Waals surface area (Å²) in [6.45, 7) is 2.80. The monoisotopic (exact) mass is 269 g/mol.